The van der Waals surface area contributed by atoms with Gasteiger partial charge in [0, 0.05) is 25.9 Å². The van der Waals surface area contributed by atoms with Crippen molar-refractivity contribution >= 4 is 29.9 Å². The number of nitrogens with one attached hydrogen (secondary N) is 2. The Hall–Kier alpha value is -1.61. The van der Waals surface area contributed by atoms with Crippen molar-refractivity contribution in [1.82, 2.24) is 20.4 Å². The Morgan fingerprint density at radius 3 is 2.64 bits per heavy atom. The van der Waals surface area contributed by atoms with Gasteiger partial charge in [-0.25, -0.2) is 9.67 Å². The number of aliphatic imine (C=N–C) groups is 1. The third-order valence-electron chi connectivity index (χ3n) is 3.58. The molecule has 0 bridgehead atoms. The maximum Gasteiger partial charge on any atom is 0.191 e. The van der Waals surface area contributed by atoms with Crippen LogP contribution in [0, 0.1) is 13.8 Å². The summed E-state index contributed by atoms with van der Waals surface area (Å²) in [5, 5.41) is 11.1. The summed E-state index contributed by atoms with van der Waals surface area (Å²) < 4.78 is 7.05. The van der Waals surface area contributed by atoms with Crippen LogP contribution in [0.2, 0.25) is 0 Å². The second-order valence-corrected chi connectivity index (χ2v) is 5.58. The van der Waals surface area contributed by atoms with Crippen molar-refractivity contribution in [3.63, 3.8) is 0 Å². The minimum atomic E-state index is 0. The maximum atomic E-state index is 5.07. The van der Waals surface area contributed by atoms with E-state index < -0.39 is 0 Å². The van der Waals surface area contributed by atoms with E-state index in [0.717, 1.165) is 41.7 Å². The second-order valence-electron chi connectivity index (χ2n) is 5.58. The van der Waals surface area contributed by atoms with E-state index in [1.165, 1.54) is 0 Å². The van der Waals surface area contributed by atoms with Crippen LogP contribution in [0.25, 0.3) is 5.69 Å². The number of hydrogen-bond acceptors (Lipinski definition) is 3. The summed E-state index contributed by atoms with van der Waals surface area (Å²) in [6.45, 7) is 8.89. The quantitative estimate of drug-likeness (QED) is 0.291. The monoisotopic (exact) mass is 457 g/mol. The third kappa shape index (κ3) is 6.32. The SMILES string of the molecule is CCNC(=NCc1ccccc1-n1nc(C)cc1C)NCCOC.I. The van der Waals surface area contributed by atoms with Crippen molar-refractivity contribution in [2.45, 2.75) is 27.3 Å². The zero-order valence-corrected chi connectivity index (χ0v) is 17.7. The van der Waals surface area contributed by atoms with Gasteiger partial charge in [-0.05, 0) is 38.5 Å². The van der Waals surface area contributed by atoms with Gasteiger partial charge in [0.1, 0.15) is 0 Å². The Kier molecular flexibility index (Phi) is 9.51. The molecule has 138 valence electrons. The predicted octanol–water partition coefficient (Wildman–Crippen LogP) is 2.81. The van der Waals surface area contributed by atoms with Crippen LogP contribution >= 0.6 is 24.0 Å². The summed E-state index contributed by atoms with van der Waals surface area (Å²) in [6, 6.07) is 10.3. The van der Waals surface area contributed by atoms with Crippen LogP contribution < -0.4 is 10.6 Å². The zero-order valence-electron chi connectivity index (χ0n) is 15.4. The van der Waals surface area contributed by atoms with Gasteiger partial charge in [-0.3, -0.25) is 0 Å². The fraction of sp³-hybridized carbons (Fsp3) is 0.444. The molecule has 0 saturated carbocycles. The molecular weight excluding hydrogens is 429 g/mol. The molecule has 0 saturated heterocycles. The Morgan fingerprint density at radius 1 is 1.24 bits per heavy atom. The van der Waals surface area contributed by atoms with Gasteiger partial charge in [0.05, 0.1) is 24.5 Å². The van der Waals surface area contributed by atoms with Crippen molar-refractivity contribution < 1.29 is 4.74 Å². The lowest BCUT2D eigenvalue weighted by Gasteiger charge is -2.13. The molecule has 0 aliphatic heterocycles. The molecule has 2 aromatic rings. The number of aromatic nitrogens is 2. The number of ether oxygens (including phenoxy) is 1. The second kappa shape index (κ2) is 11.1. The highest BCUT2D eigenvalue weighted by molar-refractivity contribution is 14.0. The van der Waals surface area contributed by atoms with Gasteiger partial charge in [0.15, 0.2) is 5.96 Å². The number of aryl methyl sites for hydroxylation is 2. The normalized spacial score (nSPS) is 11.1. The molecule has 7 heteroatoms. The fourth-order valence-electron chi connectivity index (χ4n) is 2.50. The molecule has 1 heterocycles. The van der Waals surface area contributed by atoms with E-state index >= 15 is 0 Å². The molecule has 0 amide bonds. The van der Waals surface area contributed by atoms with Gasteiger partial charge in [0.25, 0.3) is 0 Å². The van der Waals surface area contributed by atoms with Crippen LogP contribution in [0.5, 0.6) is 0 Å². The lowest BCUT2D eigenvalue weighted by atomic mass is 10.2. The first-order valence-electron chi connectivity index (χ1n) is 8.28. The molecule has 0 aliphatic carbocycles. The minimum absolute atomic E-state index is 0. The van der Waals surface area contributed by atoms with Gasteiger partial charge < -0.3 is 15.4 Å². The minimum Gasteiger partial charge on any atom is -0.383 e. The van der Waals surface area contributed by atoms with Gasteiger partial charge in [-0.2, -0.15) is 5.10 Å². The van der Waals surface area contributed by atoms with E-state index in [0.29, 0.717) is 13.2 Å². The fourth-order valence-corrected chi connectivity index (χ4v) is 2.50. The lowest BCUT2D eigenvalue weighted by Crippen LogP contribution is -2.38. The van der Waals surface area contributed by atoms with Crippen molar-refractivity contribution in [1.29, 1.82) is 0 Å². The molecule has 0 aliphatic rings. The molecule has 2 rings (SSSR count). The largest absolute Gasteiger partial charge is 0.383 e. The molecule has 0 fully saturated rings. The van der Waals surface area contributed by atoms with Crippen LogP contribution in [0.4, 0.5) is 0 Å². The molecule has 1 aromatic heterocycles. The molecule has 6 nitrogen and oxygen atoms in total. The number of benzene rings is 1. The number of nitrogens with zero attached hydrogens (tertiary/aromatic N) is 3. The van der Waals surface area contributed by atoms with E-state index in [1.807, 2.05) is 23.7 Å². The summed E-state index contributed by atoms with van der Waals surface area (Å²) in [5.41, 5.74) is 4.33. The first-order chi connectivity index (χ1) is 11.7. The van der Waals surface area contributed by atoms with Crippen LogP contribution in [-0.4, -0.2) is 42.5 Å². The van der Waals surface area contributed by atoms with Gasteiger partial charge in [0.2, 0.25) is 0 Å². The topological polar surface area (TPSA) is 63.5 Å². The van der Waals surface area contributed by atoms with Crippen LogP contribution in [-0.2, 0) is 11.3 Å². The van der Waals surface area contributed by atoms with E-state index in [4.69, 9.17) is 4.74 Å². The van der Waals surface area contributed by atoms with Crippen molar-refractivity contribution in [2.24, 2.45) is 4.99 Å². The van der Waals surface area contributed by atoms with E-state index in [2.05, 4.69) is 52.8 Å². The number of guanidine groups is 1. The molecule has 0 atom stereocenters. The summed E-state index contributed by atoms with van der Waals surface area (Å²) in [4.78, 5) is 4.68. The predicted molar refractivity (Wildman–Crippen MR) is 113 cm³/mol. The number of methoxy groups -OCH3 is 1. The molecule has 25 heavy (non-hydrogen) atoms. The first kappa shape index (κ1) is 21.4. The lowest BCUT2D eigenvalue weighted by molar-refractivity contribution is 0.203. The van der Waals surface area contributed by atoms with Gasteiger partial charge in [-0.15, -0.1) is 24.0 Å². The molecule has 2 N–H and O–H groups in total. The van der Waals surface area contributed by atoms with Crippen LogP contribution in [0.1, 0.15) is 23.9 Å². The Balaban J connectivity index is 0.00000312. The summed E-state index contributed by atoms with van der Waals surface area (Å²) in [7, 11) is 1.69. The van der Waals surface area contributed by atoms with E-state index in [-0.39, 0.29) is 24.0 Å². The van der Waals surface area contributed by atoms with Crippen molar-refractivity contribution in [3.8, 4) is 5.69 Å². The van der Waals surface area contributed by atoms with Crippen molar-refractivity contribution in [2.75, 3.05) is 26.8 Å². The Labute approximate surface area is 167 Å². The summed E-state index contributed by atoms with van der Waals surface area (Å²) in [6.07, 6.45) is 0. The summed E-state index contributed by atoms with van der Waals surface area (Å²) >= 11 is 0. The highest BCUT2D eigenvalue weighted by atomic mass is 127. The standard InChI is InChI=1S/C18H27N5O.HI/c1-5-19-18(20-10-11-24-4)21-13-16-8-6-7-9-17(16)23-15(3)12-14(2)22-23;/h6-9,12H,5,10-11,13H2,1-4H3,(H2,19,20,21);1H. The van der Waals surface area contributed by atoms with E-state index in [9.17, 15) is 0 Å². The Morgan fingerprint density at radius 2 is 2.00 bits per heavy atom. The van der Waals surface area contributed by atoms with Crippen LogP contribution in [0.15, 0.2) is 35.3 Å². The average Bonchev–Trinajstić information content (AvgIpc) is 2.91. The van der Waals surface area contributed by atoms with Gasteiger partial charge >= 0.3 is 0 Å². The van der Waals surface area contributed by atoms with Crippen LogP contribution in [0.3, 0.4) is 0 Å². The molecule has 0 spiro atoms. The van der Waals surface area contributed by atoms with Crippen molar-refractivity contribution in [3.05, 3.63) is 47.3 Å². The van der Waals surface area contributed by atoms with E-state index in [1.54, 1.807) is 7.11 Å². The molecule has 0 radical (unpaired) electrons. The highest BCUT2D eigenvalue weighted by Gasteiger charge is 2.08. The number of rotatable bonds is 7. The third-order valence-corrected chi connectivity index (χ3v) is 3.58. The number of hydrogen-bond donors (Lipinski definition) is 2. The summed E-state index contributed by atoms with van der Waals surface area (Å²) in [5.74, 6) is 0.790. The molecule has 0 unspecified atom stereocenters. The average molecular weight is 457 g/mol. The maximum absolute atomic E-state index is 5.07. The van der Waals surface area contributed by atoms with Gasteiger partial charge in [-0.1, -0.05) is 18.2 Å². The molecular formula is C18H28IN5O. The smallest absolute Gasteiger partial charge is 0.191 e. The number of halogens is 1. The zero-order chi connectivity index (χ0) is 17.4. The highest BCUT2D eigenvalue weighted by Crippen LogP contribution is 2.17. The first-order valence-corrected chi connectivity index (χ1v) is 8.28. The number of para-hydroxylation sites is 1. The molecule has 1 aromatic carbocycles. The Bertz CT molecular complexity index is 684.